The summed E-state index contributed by atoms with van der Waals surface area (Å²) in [5, 5.41) is 1.17. The van der Waals surface area contributed by atoms with E-state index in [0.717, 1.165) is 27.6 Å². The molecule has 0 aliphatic heterocycles. The first-order chi connectivity index (χ1) is 16.6. The minimum atomic E-state index is -0.421. The Hall–Kier alpha value is -4.48. The molecule has 8 heteroatoms. The van der Waals surface area contributed by atoms with E-state index in [-0.39, 0.29) is 11.7 Å². The standard InChI is InChI=1S/C26H18N4O3S/c1-3-14-30(17-10-8-16(9-11-17)25(31)32-2)26(34)33-18-12-13-21-22(15-18)27-23-19-6-4-5-7-20(19)28-24(23)29-21/h1,4-13,15H,14H2,2H3,(H,28,29). The van der Waals surface area contributed by atoms with Gasteiger partial charge in [-0.2, -0.15) is 0 Å². The molecule has 0 saturated heterocycles. The van der Waals surface area contributed by atoms with Gasteiger partial charge in [-0.15, -0.1) is 6.42 Å². The first-order valence-corrected chi connectivity index (χ1v) is 10.8. The number of anilines is 1. The van der Waals surface area contributed by atoms with Gasteiger partial charge in [-0.1, -0.05) is 24.1 Å². The van der Waals surface area contributed by atoms with Gasteiger partial charge in [0.25, 0.3) is 5.17 Å². The maximum Gasteiger partial charge on any atom is 0.337 e. The molecule has 1 N–H and O–H groups in total. The molecule has 5 rings (SSSR count). The first kappa shape index (κ1) is 21.4. The summed E-state index contributed by atoms with van der Waals surface area (Å²) in [6.07, 6.45) is 5.56. The third-order valence-corrected chi connectivity index (χ3v) is 5.65. The van der Waals surface area contributed by atoms with Crippen LogP contribution in [0.25, 0.3) is 33.1 Å². The molecule has 3 aromatic carbocycles. The van der Waals surface area contributed by atoms with E-state index >= 15 is 0 Å². The van der Waals surface area contributed by atoms with Crippen LogP contribution in [0.5, 0.6) is 5.75 Å². The van der Waals surface area contributed by atoms with Crippen molar-refractivity contribution >= 4 is 62.1 Å². The zero-order chi connectivity index (χ0) is 23.7. The lowest BCUT2D eigenvalue weighted by Gasteiger charge is -2.22. The lowest BCUT2D eigenvalue weighted by molar-refractivity contribution is 0.0601. The quantitative estimate of drug-likeness (QED) is 0.230. The molecule has 2 heterocycles. The summed E-state index contributed by atoms with van der Waals surface area (Å²) >= 11 is 5.54. The average Bonchev–Trinajstić information content (AvgIpc) is 3.23. The normalized spacial score (nSPS) is 10.8. The summed E-state index contributed by atoms with van der Waals surface area (Å²) < 4.78 is 10.7. The fourth-order valence-electron chi connectivity index (χ4n) is 3.70. The van der Waals surface area contributed by atoms with Gasteiger partial charge in [-0.3, -0.25) is 4.90 Å². The van der Waals surface area contributed by atoms with Crippen LogP contribution in [0.15, 0.2) is 66.7 Å². The van der Waals surface area contributed by atoms with Crippen molar-refractivity contribution in [3.05, 3.63) is 72.3 Å². The number of carbonyl (C=O) groups is 1. The van der Waals surface area contributed by atoms with Crippen LogP contribution in [-0.4, -0.2) is 39.8 Å². The number of thiocarbonyl (C=S) groups is 1. The van der Waals surface area contributed by atoms with E-state index in [1.54, 1.807) is 41.3 Å². The number of nitrogens with one attached hydrogen (secondary N) is 1. The van der Waals surface area contributed by atoms with E-state index in [0.29, 0.717) is 22.5 Å². The number of carbonyl (C=O) groups excluding carboxylic acids is 1. The van der Waals surface area contributed by atoms with E-state index in [2.05, 4.69) is 10.9 Å². The molecule has 0 aliphatic carbocycles. The highest BCUT2D eigenvalue weighted by molar-refractivity contribution is 7.80. The molecule has 0 saturated carbocycles. The number of hydrogen-bond acceptors (Lipinski definition) is 6. The Labute approximate surface area is 200 Å². The molecule has 34 heavy (non-hydrogen) atoms. The molecule has 0 atom stereocenters. The third-order valence-electron chi connectivity index (χ3n) is 5.35. The second kappa shape index (κ2) is 8.81. The molecule has 7 nitrogen and oxygen atoms in total. The molecule has 0 unspecified atom stereocenters. The van der Waals surface area contributed by atoms with Gasteiger partial charge in [0.1, 0.15) is 11.3 Å². The first-order valence-electron chi connectivity index (χ1n) is 10.4. The molecule has 0 amide bonds. The second-order valence-electron chi connectivity index (χ2n) is 7.44. The number of esters is 1. The molecule has 0 bridgehead atoms. The molecular formula is C26H18N4O3S. The molecular weight excluding hydrogens is 448 g/mol. The van der Waals surface area contributed by atoms with Crippen molar-refractivity contribution in [2.45, 2.75) is 0 Å². The molecule has 0 spiro atoms. The number of hydrogen-bond donors (Lipinski definition) is 1. The van der Waals surface area contributed by atoms with Crippen LogP contribution in [0.1, 0.15) is 10.4 Å². The Balaban J connectivity index is 1.44. The zero-order valence-corrected chi connectivity index (χ0v) is 18.9. The number of terminal acetylenes is 1. The van der Waals surface area contributed by atoms with Crippen molar-refractivity contribution < 1.29 is 14.3 Å². The topological polar surface area (TPSA) is 80.3 Å². The maximum absolute atomic E-state index is 11.7. The van der Waals surface area contributed by atoms with Crippen LogP contribution in [0.2, 0.25) is 0 Å². The number of nitrogens with zero attached hydrogens (tertiary/aromatic N) is 3. The fraction of sp³-hybridized carbons (Fsp3) is 0.0769. The van der Waals surface area contributed by atoms with E-state index in [1.165, 1.54) is 7.11 Å². The minimum Gasteiger partial charge on any atom is -0.465 e. The number of ether oxygens (including phenoxy) is 2. The molecule has 0 radical (unpaired) electrons. The van der Waals surface area contributed by atoms with Crippen LogP contribution in [0.3, 0.4) is 0 Å². The van der Waals surface area contributed by atoms with E-state index in [4.69, 9.17) is 38.1 Å². The Bertz CT molecular complexity index is 1600. The molecule has 0 aliphatic rings. The van der Waals surface area contributed by atoms with Crippen LogP contribution in [0.4, 0.5) is 5.69 Å². The molecule has 0 fully saturated rings. The monoisotopic (exact) mass is 466 g/mol. The number of methoxy groups -OCH3 is 1. The SMILES string of the molecule is C#CCN(C(=S)Oc1ccc2nc3[nH]c4ccccc4c3nc2c1)c1ccc(C(=O)OC)cc1. The number of aromatic nitrogens is 3. The summed E-state index contributed by atoms with van der Waals surface area (Å²) in [7, 11) is 1.33. The van der Waals surface area contributed by atoms with Gasteiger partial charge in [-0.25, -0.2) is 14.8 Å². The lowest BCUT2D eigenvalue weighted by Crippen LogP contribution is -2.33. The van der Waals surface area contributed by atoms with Gasteiger partial charge >= 0.3 is 5.97 Å². The second-order valence-corrected chi connectivity index (χ2v) is 7.79. The van der Waals surface area contributed by atoms with Gasteiger partial charge in [0.05, 0.1) is 30.3 Å². The van der Waals surface area contributed by atoms with Gasteiger partial charge in [-0.05, 0) is 54.7 Å². The van der Waals surface area contributed by atoms with Gasteiger partial charge in [0.15, 0.2) is 5.65 Å². The highest BCUT2D eigenvalue weighted by atomic mass is 32.1. The Morgan fingerprint density at radius 1 is 1.09 bits per heavy atom. The number of H-pyrrole nitrogens is 1. The Morgan fingerprint density at radius 3 is 2.65 bits per heavy atom. The summed E-state index contributed by atoms with van der Waals surface area (Å²) in [5.41, 5.74) is 5.04. The van der Waals surface area contributed by atoms with Crippen molar-refractivity contribution in [2.75, 3.05) is 18.6 Å². The van der Waals surface area contributed by atoms with Gasteiger partial charge in [0, 0.05) is 22.7 Å². The molecule has 2 aromatic heterocycles. The zero-order valence-electron chi connectivity index (χ0n) is 18.1. The summed E-state index contributed by atoms with van der Waals surface area (Å²) in [5.74, 6) is 2.68. The number of rotatable bonds is 4. The molecule has 166 valence electrons. The summed E-state index contributed by atoms with van der Waals surface area (Å²) in [6, 6.07) is 20.1. The largest absolute Gasteiger partial charge is 0.465 e. The Kier molecular flexibility index (Phi) is 5.54. The number of fused-ring (bicyclic) bond motifs is 4. The summed E-state index contributed by atoms with van der Waals surface area (Å²) in [6.45, 7) is 0.194. The van der Waals surface area contributed by atoms with Crippen molar-refractivity contribution in [1.82, 2.24) is 15.0 Å². The van der Waals surface area contributed by atoms with Crippen LogP contribution in [-0.2, 0) is 4.74 Å². The van der Waals surface area contributed by atoms with E-state index in [9.17, 15) is 4.79 Å². The third kappa shape index (κ3) is 3.89. The lowest BCUT2D eigenvalue weighted by atomic mass is 10.2. The van der Waals surface area contributed by atoms with Crippen molar-refractivity contribution in [1.29, 1.82) is 0 Å². The van der Waals surface area contributed by atoms with E-state index in [1.807, 2.05) is 30.3 Å². The smallest absolute Gasteiger partial charge is 0.337 e. The van der Waals surface area contributed by atoms with Crippen LogP contribution < -0.4 is 9.64 Å². The number of benzene rings is 3. The van der Waals surface area contributed by atoms with Gasteiger partial charge in [0.2, 0.25) is 0 Å². The highest BCUT2D eigenvalue weighted by Gasteiger charge is 2.16. The summed E-state index contributed by atoms with van der Waals surface area (Å²) in [4.78, 5) is 26.2. The maximum atomic E-state index is 11.7. The minimum absolute atomic E-state index is 0.171. The van der Waals surface area contributed by atoms with Crippen molar-refractivity contribution in [3.63, 3.8) is 0 Å². The number of aromatic amines is 1. The highest BCUT2D eigenvalue weighted by Crippen LogP contribution is 2.27. The van der Waals surface area contributed by atoms with Crippen LogP contribution in [0, 0.1) is 12.3 Å². The molecule has 5 aromatic rings. The average molecular weight is 467 g/mol. The Morgan fingerprint density at radius 2 is 1.88 bits per heavy atom. The van der Waals surface area contributed by atoms with Crippen LogP contribution >= 0.6 is 12.2 Å². The number of para-hydroxylation sites is 1. The van der Waals surface area contributed by atoms with Crippen molar-refractivity contribution in [3.8, 4) is 18.1 Å². The van der Waals surface area contributed by atoms with Gasteiger partial charge < -0.3 is 14.5 Å². The predicted octanol–water partition coefficient (Wildman–Crippen LogP) is 4.85. The predicted molar refractivity (Wildman–Crippen MR) is 136 cm³/mol. The fourth-order valence-corrected chi connectivity index (χ4v) is 3.97. The van der Waals surface area contributed by atoms with E-state index < -0.39 is 5.97 Å². The van der Waals surface area contributed by atoms with Crippen molar-refractivity contribution in [2.24, 2.45) is 0 Å².